The van der Waals surface area contributed by atoms with E-state index in [1.165, 1.54) is 0 Å². The molecule has 20 heavy (non-hydrogen) atoms. The van der Waals surface area contributed by atoms with Gasteiger partial charge in [0.05, 0.1) is 17.1 Å². The van der Waals surface area contributed by atoms with Gasteiger partial charge in [0, 0.05) is 26.2 Å². The highest BCUT2D eigenvalue weighted by atomic mass is 16.5. The van der Waals surface area contributed by atoms with E-state index in [9.17, 15) is 5.11 Å². The second-order valence-corrected chi connectivity index (χ2v) is 5.58. The van der Waals surface area contributed by atoms with Crippen LogP contribution in [0.3, 0.4) is 0 Å². The van der Waals surface area contributed by atoms with Gasteiger partial charge in [-0.25, -0.2) is 4.98 Å². The molecular formula is C16H22N2O2. The van der Waals surface area contributed by atoms with E-state index in [2.05, 4.69) is 22.5 Å². The first-order valence-corrected chi connectivity index (χ1v) is 7.48. The van der Waals surface area contributed by atoms with Crippen LogP contribution in [0.25, 0.3) is 11.0 Å². The van der Waals surface area contributed by atoms with Crippen molar-refractivity contribution in [1.82, 2.24) is 9.55 Å². The molecule has 1 aromatic heterocycles. The second-order valence-electron chi connectivity index (χ2n) is 5.58. The molecule has 0 saturated carbocycles. The molecular weight excluding hydrogens is 252 g/mol. The Kier molecular flexibility index (Phi) is 4.03. The summed E-state index contributed by atoms with van der Waals surface area (Å²) in [4.78, 5) is 4.67. The minimum absolute atomic E-state index is 0.330. The lowest BCUT2D eigenvalue weighted by atomic mass is 9.99. The zero-order valence-corrected chi connectivity index (χ0v) is 12.0. The number of benzene rings is 1. The molecule has 108 valence electrons. The lowest BCUT2D eigenvalue weighted by molar-refractivity contribution is 0.126. The number of ether oxygens (including phenoxy) is 1. The molecule has 0 aliphatic carbocycles. The number of nitrogens with zero attached hydrogens (tertiary/aromatic N) is 2. The zero-order chi connectivity index (χ0) is 13.9. The van der Waals surface area contributed by atoms with E-state index >= 15 is 0 Å². The van der Waals surface area contributed by atoms with Crippen LogP contribution >= 0.6 is 0 Å². The summed E-state index contributed by atoms with van der Waals surface area (Å²) in [5.41, 5.74) is 2.17. The van der Waals surface area contributed by atoms with Crippen LogP contribution in [0.2, 0.25) is 0 Å². The smallest absolute Gasteiger partial charge is 0.112 e. The van der Waals surface area contributed by atoms with Crippen molar-refractivity contribution < 1.29 is 9.84 Å². The molecule has 1 saturated heterocycles. The van der Waals surface area contributed by atoms with Crippen molar-refractivity contribution in [2.75, 3.05) is 13.2 Å². The van der Waals surface area contributed by atoms with Gasteiger partial charge in [-0.15, -0.1) is 0 Å². The summed E-state index contributed by atoms with van der Waals surface area (Å²) in [5, 5.41) is 10.3. The Bertz CT molecular complexity index is 573. The van der Waals surface area contributed by atoms with Crippen LogP contribution in [-0.2, 0) is 17.7 Å². The Morgan fingerprint density at radius 3 is 3.05 bits per heavy atom. The van der Waals surface area contributed by atoms with Gasteiger partial charge in [0.1, 0.15) is 5.82 Å². The first-order chi connectivity index (χ1) is 9.78. The van der Waals surface area contributed by atoms with Crippen molar-refractivity contribution in [2.24, 2.45) is 5.92 Å². The first kappa shape index (κ1) is 13.6. The number of rotatable bonds is 5. The van der Waals surface area contributed by atoms with E-state index in [1.54, 1.807) is 0 Å². The normalized spacial score (nSPS) is 20.6. The highest BCUT2D eigenvalue weighted by Crippen LogP contribution is 2.22. The number of aryl methyl sites for hydroxylation is 1. The molecule has 1 aromatic carbocycles. The van der Waals surface area contributed by atoms with E-state index in [1.807, 2.05) is 18.2 Å². The first-order valence-electron chi connectivity index (χ1n) is 7.48. The van der Waals surface area contributed by atoms with Gasteiger partial charge >= 0.3 is 0 Å². The number of para-hydroxylation sites is 2. The fraction of sp³-hybridized carbons (Fsp3) is 0.562. The average molecular weight is 274 g/mol. The molecule has 2 aromatic rings. The Balaban J connectivity index is 1.75. The maximum Gasteiger partial charge on any atom is 0.112 e. The third-order valence-electron chi connectivity index (χ3n) is 4.10. The number of hydrogen-bond donors (Lipinski definition) is 1. The predicted molar refractivity (Wildman–Crippen MR) is 78.7 cm³/mol. The van der Waals surface area contributed by atoms with E-state index in [0.29, 0.717) is 12.3 Å². The van der Waals surface area contributed by atoms with Gasteiger partial charge in [-0.05, 0) is 37.8 Å². The summed E-state index contributed by atoms with van der Waals surface area (Å²) in [5.74, 6) is 1.49. The van der Waals surface area contributed by atoms with Crippen molar-refractivity contribution >= 4 is 11.0 Å². The Morgan fingerprint density at radius 1 is 1.45 bits per heavy atom. The fourth-order valence-corrected chi connectivity index (χ4v) is 3.08. The second kappa shape index (κ2) is 5.94. The summed E-state index contributed by atoms with van der Waals surface area (Å²) in [7, 11) is 0. The molecule has 0 radical (unpaired) electrons. The lowest BCUT2D eigenvalue weighted by Gasteiger charge is -2.14. The zero-order valence-electron chi connectivity index (χ0n) is 12.0. The molecule has 3 rings (SSSR count). The quantitative estimate of drug-likeness (QED) is 0.910. The number of aliphatic hydroxyl groups excluding tert-OH is 1. The standard InChI is InChI=1S/C16H22N2O2/c1-2-18-15-6-4-3-5-14(15)17-16(18)10-13(19)9-12-7-8-20-11-12/h3-6,12-13,19H,2,7-11H2,1H3. The number of imidazole rings is 1. The summed E-state index contributed by atoms with van der Waals surface area (Å²) < 4.78 is 7.57. The van der Waals surface area contributed by atoms with E-state index in [4.69, 9.17) is 4.74 Å². The van der Waals surface area contributed by atoms with E-state index < -0.39 is 0 Å². The highest BCUT2D eigenvalue weighted by molar-refractivity contribution is 5.75. The fourth-order valence-electron chi connectivity index (χ4n) is 3.08. The molecule has 2 unspecified atom stereocenters. The third-order valence-corrected chi connectivity index (χ3v) is 4.10. The average Bonchev–Trinajstić information content (AvgIpc) is 3.05. The lowest BCUT2D eigenvalue weighted by Crippen LogP contribution is -2.19. The summed E-state index contributed by atoms with van der Waals surface area (Å²) in [6, 6.07) is 8.16. The Morgan fingerprint density at radius 2 is 2.30 bits per heavy atom. The number of aliphatic hydroxyl groups is 1. The molecule has 2 atom stereocenters. The predicted octanol–water partition coefficient (Wildman–Crippen LogP) is 2.39. The van der Waals surface area contributed by atoms with E-state index in [0.717, 1.165) is 49.5 Å². The van der Waals surface area contributed by atoms with Crippen LogP contribution in [0.4, 0.5) is 0 Å². The van der Waals surface area contributed by atoms with Gasteiger partial charge in [0.2, 0.25) is 0 Å². The van der Waals surface area contributed by atoms with E-state index in [-0.39, 0.29) is 6.10 Å². The van der Waals surface area contributed by atoms with Crippen LogP contribution in [0, 0.1) is 5.92 Å². The summed E-state index contributed by atoms with van der Waals surface area (Å²) in [6.45, 7) is 4.63. The number of aromatic nitrogens is 2. The largest absolute Gasteiger partial charge is 0.393 e. The van der Waals surface area contributed by atoms with Gasteiger partial charge in [-0.3, -0.25) is 0 Å². The van der Waals surface area contributed by atoms with Gasteiger partial charge < -0.3 is 14.4 Å². The Hall–Kier alpha value is -1.39. The third kappa shape index (κ3) is 2.72. The van der Waals surface area contributed by atoms with Crippen molar-refractivity contribution in [2.45, 2.75) is 38.8 Å². The van der Waals surface area contributed by atoms with Crippen LogP contribution in [0.1, 0.15) is 25.6 Å². The van der Waals surface area contributed by atoms with Crippen LogP contribution in [-0.4, -0.2) is 34.0 Å². The van der Waals surface area contributed by atoms with Crippen molar-refractivity contribution in [1.29, 1.82) is 0 Å². The van der Waals surface area contributed by atoms with Crippen molar-refractivity contribution in [3.8, 4) is 0 Å². The monoisotopic (exact) mass is 274 g/mol. The highest BCUT2D eigenvalue weighted by Gasteiger charge is 2.21. The maximum absolute atomic E-state index is 10.3. The number of hydrogen-bond acceptors (Lipinski definition) is 3. The maximum atomic E-state index is 10.3. The molecule has 0 bridgehead atoms. The molecule has 0 amide bonds. The molecule has 0 spiro atoms. The van der Waals surface area contributed by atoms with Crippen LogP contribution < -0.4 is 0 Å². The molecule has 2 heterocycles. The number of fused-ring (bicyclic) bond motifs is 1. The van der Waals surface area contributed by atoms with Crippen molar-refractivity contribution in [3.63, 3.8) is 0 Å². The molecule has 1 fully saturated rings. The topological polar surface area (TPSA) is 47.3 Å². The molecule has 4 nitrogen and oxygen atoms in total. The minimum Gasteiger partial charge on any atom is -0.393 e. The van der Waals surface area contributed by atoms with Gasteiger partial charge in [0.25, 0.3) is 0 Å². The molecule has 1 N–H and O–H groups in total. The Labute approximate surface area is 119 Å². The summed E-state index contributed by atoms with van der Waals surface area (Å²) >= 11 is 0. The molecule has 4 heteroatoms. The van der Waals surface area contributed by atoms with Gasteiger partial charge in [0.15, 0.2) is 0 Å². The SMILES string of the molecule is CCn1c(CC(O)CC2CCOC2)nc2ccccc21. The van der Waals surface area contributed by atoms with Crippen LogP contribution in [0.15, 0.2) is 24.3 Å². The summed E-state index contributed by atoms with van der Waals surface area (Å²) in [6.07, 6.45) is 2.18. The molecule has 1 aliphatic rings. The van der Waals surface area contributed by atoms with Gasteiger partial charge in [-0.1, -0.05) is 12.1 Å². The van der Waals surface area contributed by atoms with Crippen molar-refractivity contribution in [3.05, 3.63) is 30.1 Å². The minimum atomic E-state index is -0.330. The van der Waals surface area contributed by atoms with Crippen LogP contribution in [0.5, 0.6) is 0 Å². The van der Waals surface area contributed by atoms with Gasteiger partial charge in [-0.2, -0.15) is 0 Å². The molecule has 1 aliphatic heterocycles.